The van der Waals surface area contributed by atoms with Crippen molar-refractivity contribution in [3.63, 3.8) is 0 Å². The first-order valence-corrected chi connectivity index (χ1v) is 8.32. The lowest BCUT2D eigenvalue weighted by Crippen LogP contribution is -2.62. The van der Waals surface area contributed by atoms with Gasteiger partial charge in [-0.3, -0.25) is 4.90 Å². The molecule has 1 saturated carbocycles. The lowest BCUT2D eigenvalue weighted by atomic mass is 9.77. The molecule has 0 unspecified atom stereocenters. The van der Waals surface area contributed by atoms with E-state index in [-0.39, 0.29) is 17.4 Å². The van der Waals surface area contributed by atoms with Gasteiger partial charge in [0.05, 0.1) is 5.39 Å². The second-order valence-electron chi connectivity index (χ2n) is 6.82. The van der Waals surface area contributed by atoms with E-state index in [4.69, 9.17) is 16.1 Å². The number of rotatable bonds is 2. The first-order chi connectivity index (χ1) is 10.7. The average molecular weight is 358 g/mol. The van der Waals surface area contributed by atoms with Crippen molar-refractivity contribution in [3.05, 3.63) is 23.0 Å². The van der Waals surface area contributed by atoms with Gasteiger partial charge in [-0.25, -0.2) is 4.39 Å². The third-order valence-corrected chi connectivity index (χ3v) is 6.16. The van der Waals surface area contributed by atoms with Crippen LogP contribution in [0.25, 0.3) is 11.0 Å². The molecule has 23 heavy (non-hydrogen) atoms. The summed E-state index contributed by atoms with van der Waals surface area (Å²) in [6.45, 7) is 2.44. The molecule has 4 heterocycles. The average Bonchev–Trinajstić information content (AvgIpc) is 3.21. The van der Waals surface area contributed by atoms with Crippen molar-refractivity contribution in [1.29, 1.82) is 0 Å². The van der Waals surface area contributed by atoms with Crippen LogP contribution in [-0.4, -0.2) is 34.7 Å². The number of piperidine rings is 3. The van der Waals surface area contributed by atoms with E-state index in [2.05, 4.69) is 15.4 Å². The Morgan fingerprint density at radius 1 is 1.30 bits per heavy atom. The zero-order valence-corrected chi connectivity index (χ0v) is 14.1. The lowest BCUT2D eigenvalue weighted by Gasteiger charge is -2.52. The quantitative estimate of drug-likeness (QED) is 0.878. The largest absolute Gasteiger partial charge is 0.362 e. The fourth-order valence-corrected chi connectivity index (χ4v) is 4.72. The second-order valence-corrected chi connectivity index (χ2v) is 7.20. The van der Waals surface area contributed by atoms with Gasteiger partial charge in [0.25, 0.3) is 0 Å². The minimum atomic E-state index is -0.474. The van der Waals surface area contributed by atoms with Crippen molar-refractivity contribution in [2.75, 3.05) is 18.4 Å². The molecule has 4 fully saturated rings. The van der Waals surface area contributed by atoms with Crippen LogP contribution < -0.4 is 5.32 Å². The van der Waals surface area contributed by atoms with Gasteiger partial charge in [-0.15, -0.1) is 12.4 Å². The molecule has 1 aromatic carbocycles. The summed E-state index contributed by atoms with van der Waals surface area (Å²) in [5.74, 6) is 0.912. The van der Waals surface area contributed by atoms with Crippen molar-refractivity contribution in [2.24, 2.45) is 5.92 Å². The summed E-state index contributed by atoms with van der Waals surface area (Å²) < 4.78 is 18.8. The van der Waals surface area contributed by atoms with Gasteiger partial charge in [0, 0.05) is 11.6 Å². The SMILES string of the molecule is Cl.Fc1ccc2c(N[C@@H]3C4CCN(CC4)C34CC4)noc2c1Cl. The maximum absolute atomic E-state index is 13.5. The van der Waals surface area contributed by atoms with Crippen molar-refractivity contribution in [2.45, 2.75) is 37.3 Å². The highest BCUT2D eigenvalue weighted by molar-refractivity contribution is 6.35. The van der Waals surface area contributed by atoms with Gasteiger partial charge < -0.3 is 9.84 Å². The molecule has 1 aliphatic carbocycles. The lowest BCUT2D eigenvalue weighted by molar-refractivity contribution is 0.0202. The van der Waals surface area contributed by atoms with Gasteiger partial charge in [-0.1, -0.05) is 16.8 Å². The molecule has 7 heteroatoms. The van der Waals surface area contributed by atoms with Crippen LogP contribution >= 0.6 is 24.0 Å². The van der Waals surface area contributed by atoms with Gasteiger partial charge in [0.2, 0.25) is 0 Å². The van der Waals surface area contributed by atoms with Crippen LogP contribution in [0.15, 0.2) is 16.7 Å². The Bertz CT molecular complexity index is 753. The fraction of sp³-hybridized carbons (Fsp3) is 0.562. The molecule has 0 amide bonds. The first kappa shape index (κ1) is 15.5. The van der Waals surface area contributed by atoms with E-state index in [1.54, 1.807) is 6.07 Å². The number of hydrogen-bond acceptors (Lipinski definition) is 4. The number of anilines is 1. The van der Waals surface area contributed by atoms with Crippen LogP contribution in [-0.2, 0) is 0 Å². The smallest absolute Gasteiger partial charge is 0.190 e. The summed E-state index contributed by atoms with van der Waals surface area (Å²) in [6, 6.07) is 3.47. The Hall–Kier alpha value is -1.04. The minimum absolute atomic E-state index is 0. The highest BCUT2D eigenvalue weighted by atomic mass is 35.5. The molecule has 4 aliphatic rings. The molecule has 3 aliphatic heterocycles. The summed E-state index contributed by atoms with van der Waals surface area (Å²) in [4.78, 5) is 2.64. The van der Waals surface area contributed by atoms with E-state index >= 15 is 0 Å². The highest BCUT2D eigenvalue weighted by Gasteiger charge is 2.60. The van der Waals surface area contributed by atoms with Crippen molar-refractivity contribution < 1.29 is 8.91 Å². The number of halogens is 3. The predicted octanol–water partition coefficient (Wildman–Crippen LogP) is 4.08. The summed E-state index contributed by atoms with van der Waals surface area (Å²) in [5.41, 5.74) is 0.645. The summed E-state index contributed by atoms with van der Waals surface area (Å²) in [6.07, 6.45) is 4.99. The van der Waals surface area contributed by atoms with Crippen LogP contribution in [0.4, 0.5) is 10.2 Å². The van der Waals surface area contributed by atoms with E-state index in [9.17, 15) is 4.39 Å². The minimum Gasteiger partial charge on any atom is -0.362 e. The first-order valence-electron chi connectivity index (χ1n) is 7.94. The molecule has 3 saturated heterocycles. The maximum atomic E-state index is 13.5. The maximum Gasteiger partial charge on any atom is 0.190 e. The van der Waals surface area contributed by atoms with Crippen molar-refractivity contribution in [1.82, 2.24) is 10.1 Å². The zero-order chi connectivity index (χ0) is 14.9. The molecule has 1 spiro atoms. The third-order valence-electron chi connectivity index (χ3n) is 5.81. The number of nitrogens with one attached hydrogen (secondary N) is 1. The van der Waals surface area contributed by atoms with E-state index in [0.717, 1.165) is 5.39 Å². The van der Waals surface area contributed by atoms with E-state index in [1.165, 1.54) is 44.8 Å². The topological polar surface area (TPSA) is 41.3 Å². The Morgan fingerprint density at radius 3 is 2.74 bits per heavy atom. The summed E-state index contributed by atoms with van der Waals surface area (Å²) in [7, 11) is 0. The molecule has 1 atom stereocenters. The molecular formula is C16H18Cl2FN3O. The normalized spacial score (nSPS) is 30.4. The molecule has 0 radical (unpaired) electrons. The van der Waals surface area contributed by atoms with E-state index in [0.29, 0.717) is 28.9 Å². The number of hydrogen-bond donors (Lipinski definition) is 1. The van der Waals surface area contributed by atoms with Crippen LogP contribution in [0.3, 0.4) is 0 Å². The number of nitrogens with zero attached hydrogens (tertiary/aromatic N) is 2. The number of benzene rings is 1. The molecule has 2 bridgehead atoms. The molecule has 4 nitrogen and oxygen atoms in total. The van der Waals surface area contributed by atoms with E-state index in [1.807, 2.05) is 0 Å². The van der Waals surface area contributed by atoms with Crippen molar-refractivity contribution in [3.8, 4) is 0 Å². The van der Waals surface area contributed by atoms with Crippen LogP contribution in [0, 0.1) is 11.7 Å². The monoisotopic (exact) mass is 357 g/mol. The van der Waals surface area contributed by atoms with Gasteiger partial charge in [0.1, 0.15) is 10.8 Å². The zero-order valence-electron chi connectivity index (χ0n) is 12.5. The van der Waals surface area contributed by atoms with Gasteiger partial charge >= 0.3 is 0 Å². The molecule has 124 valence electrons. The standard InChI is InChI=1S/C16H17ClFN3O.ClH/c17-12-11(18)2-1-10-13(12)22-20-15(10)19-14-9-3-7-21(8-4-9)16(14)5-6-16;/h1-2,9,14H,3-8H2,(H,19,20);1H/t14-;/m1./s1. The molecule has 1 N–H and O–H groups in total. The molecule has 1 aromatic heterocycles. The molecular weight excluding hydrogens is 340 g/mol. The van der Waals surface area contributed by atoms with Gasteiger partial charge in [-0.05, 0) is 56.8 Å². The van der Waals surface area contributed by atoms with Crippen LogP contribution in [0.2, 0.25) is 5.02 Å². The number of fused-ring (bicyclic) bond motifs is 3. The second kappa shape index (κ2) is 5.23. The van der Waals surface area contributed by atoms with E-state index < -0.39 is 5.82 Å². The summed E-state index contributed by atoms with van der Waals surface area (Å²) >= 11 is 5.97. The van der Waals surface area contributed by atoms with Gasteiger partial charge in [-0.2, -0.15) is 0 Å². The Balaban J connectivity index is 0.00000135. The Kier molecular flexibility index (Phi) is 3.52. The fourth-order valence-electron chi connectivity index (χ4n) is 4.52. The van der Waals surface area contributed by atoms with Gasteiger partial charge in [0.15, 0.2) is 11.4 Å². The predicted molar refractivity (Wildman–Crippen MR) is 89.9 cm³/mol. The van der Waals surface area contributed by atoms with Crippen molar-refractivity contribution >= 4 is 40.8 Å². The summed E-state index contributed by atoms with van der Waals surface area (Å²) in [5, 5.41) is 8.49. The molecule has 2 aromatic rings. The van der Waals surface area contributed by atoms with Crippen LogP contribution in [0.1, 0.15) is 25.7 Å². The third kappa shape index (κ3) is 2.10. The molecule has 6 rings (SSSR count). The number of aromatic nitrogens is 1. The Morgan fingerprint density at radius 2 is 2.04 bits per heavy atom. The highest BCUT2D eigenvalue weighted by Crippen LogP contribution is 2.54. The Labute approximate surface area is 144 Å². The van der Waals surface area contributed by atoms with Crippen LogP contribution in [0.5, 0.6) is 0 Å².